The van der Waals surface area contributed by atoms with Crippen molar-refractivity contribution in [3.05, 3.63) is 32.9 Å². The minimum atomic E-state index is 0.466. The van der Waals surface area contributed by atoms with Crippen molar-refractivity contribution in [2.24, 2.45) is 0 Å². The van der Waals surface area contributed by atoms with Gasteiger partial charge in [-0.1, -0.05) is 36.5 Å². The number of hydrogen-bond acceptors (Lipinski definition) is 3. The standard InChI is InChI=1S/C12H12Cl2N2S/c1-3-4-8-10(13)15-12(16-11(8)14)9-6-5-7(2)17-9/h5-6H,3-4H2,1-2H3. The van der Waals surface area contributed by atoms with E-state index < -0.39 is 0 Å². The van der Waals surface area contributed by atoms with Crippen molar-refractivity contribution in [3.63, 3.8) is 0 Å². The lowest BCUT2D eigenvalue weighted by Gasteiger charge is -2.06. The molecule has 2 rings (SSSR count). The van der Waals surface area contributed by atoms with Crippen LogP contribution in [0, 0.1) is 6.92 Å². The lowest BCUT2D eigenvalue weighted by molar-refractivity contribution is 0.903. The van der Waals surface area contributed by atoms with Crippen molar-refractivity contribution < 1.29 is 0 Å². The van der Waals surface area contributed by atoms with Crippen LogP contribution in [-0.2, 0) is 6.42 Å². The lowest BCUT2D eigenvalue weighted by Crippen LogP contribution is -1.96. The maximum Gasteiger partial charge on any atom is 0.172 e. The molecule has 0 N–H and O–H groups in total. The Morgan fingerprint density at radius 3 is 2.29 bits per heavy atom. The molecule has 0 radical (unpaired) electrons. The molecule has 0 fully saturated rings. The molecule has 0 saturated carbocycles. The van der Waals surface area contributed by atoms with Gasteiger partial charge in [-0.3, -0.25) is 0 Å². The van der Waals surface area contributed by atoms with Crippen molar-refractivity contribution in [2.75, 3.05) is 0 Å². The highest BCUT2D eigenvalue weighted by atomic mass is 35.5. The van der Waals surface area contributed by atoms with Gasteiger partial charge in [0.1, 0.15) is 10.3 Å². The number of aryl methyl sites for hydroxylation is 1. The van der Waals surface area contributed by atoms with Gasteiger partial charge in [-0.2, -0.15) is 0 Å². The normalized spacial score (nSPS) is 10.8. The Kier molecular flexibility index (Phi) is 4.02. The van der Waals surface area contributed by atoms with Crippen molar-refractivity contribution in [1.82, 2.24) is 9.97 Å². The van der Waals surface area contributed by atoms with Crippen LogP contribution in [0.4, 0.5) is 0 Å². The van der Waals surface area contributed by atoms with Gasteiger partial charge in [0, 0.05) is 10.4 Å². The summed E-state index contributed by atoms with van der Waals surface area (Å²) >= 11 is 13.9. The molecule has 2 nitrogen and oxygen atoms in total. The number of halogens is 2. The maximum absolute atomic E-state index is 6.14. The molecular formula is C12H12Cl2N2S. The second-order valence-corrected chi connectivity index (χ2v) is 5.77. The summed E-state index contributed by atoms with van der Waals surface area (Å²) in [5, 5.41) is 0.931. The van der Waals surface area contributed by atoms with Crippen LogP contribution in [0.2, 0.25) is 10.3 Å². The average Bonchev–Trinajstić information content (AvgIpc) is 2.70. The molecule has 17 heavy (non-hydrogen) atoms. The zero-order valence-corrected chi connectivity index (χ0v) is 12.0. The Morgan fingerprint density at radius 1 is 1.18 bits per heavy atom. The highest BCUT2D eigenvalue weighted by Crippen LogP contribution is 2.30. The number of thiophene rings is 1. The van der Waals surface area contributed by atoms with Gasteiger partial charge in [-0.25, -0.2) is 9.97 Å². The van der Waals surface area contributed by atoms with E-state index in [1.54, 1.807) is 11.3 Å². The topological polar surface area (TPSA) is 25.8 Å². The van der Waals surface area contributed by atoms with Gasteiger partial charge in [0.25, 0.3) is 0 Å². The first-order chi connectivity index (χ1) is 8.11. The summed E-state index contributed by atoms with van der Waals surface area (Å²) in [4.78, 5) is 10.8. The fourth-order valence-electron chi connectivity index (χ4n) is 1.55. The van der Waals surface area contributed by atoms with Crippen LogP contribution >= 0.6 is 34.5 Å². The second-order valence-electron chi connectivity index (χ2n) is 3.77. The van der Waals surface area contributed by atoms with E-state index in [-0.39, 0.29) is 0 Å². The third-order valence-electron chi connectivity index (χ3n) is 2.37. The number of aromatic nitrogens is 2. The Hall–Kier alpha value is -0.640. The van der Waals surface area contributed by atoms with E-state index in [1.165, 1.54) is 4.88 Å². The Bertz CT molecular complexity index is 514. The van der Waals surface area contributed by atoms with Crippen molar-refractivity contribution in [3.8, 4) is 10.7 Å². The fourth-order valence-corrected chi connectivity index (χ4v) is 2.93. The predicted octanol–water partition coefficient (Wildman–Crippen LogP) is 4.77. The molecule has 0 saturated heterocycles. The maximum atomic E-state index is 6.14. The van der Waals surface area contributed by atoms with Crippen LogP contribution in [0.15, 0.2) is 12.1 Å². The monoisotopic (exact) mass is 286 g/mol. The molecular weight excluding hydrogens is 275 g/mol. The Balaban J connectivity index is 2.45. The van der Waals surface area contributed by atoms with Gasteiger partial charge in [-0.05, 0) is 25.5 Å². The SMILES string of the molecule is CCCc1c(Cl)nc(-c2ccc(C)s2)nc1Cl. The Morgan fingerprint density at radius 2 is 1.82 bits per heavy atom. The fraction of sp³-hybridized carbons (Fsp3) is 0.333. The van der Waals surface area contributed by atoms with E-state index in [2.05, 4.69) is 16.9 Å². The van der Waals surface area contributed by atoms with E-state index in [0.717, 1.165) is 23.3 Å². The molecule has 0 atom stereocenters. The van der Waals surface area contributed by atoms with E-state index in [9.17, 15) is 0 Å². The summed E-state index contributed by atoms with van der Waals surface area (Å²) in [6, 6.07) is 4.02. The summed E-state index contributed by atoms with van der Waals surface area (Å²) in [6.45, 7) is 4.12. The molecule has 0 aromatic carbocycles. The van der Waals surface area contributed by atoms with Gasteiger partial charge < -0.3 is 0 Å². The van der Waals surface area contributed by atoms with Crippen LogP contribution in [0.5, 0.6) is 0 Å². The highest BCUT2D eigenvalue weighted by Gasteiger charge is 2.12. The predicted molar refractivity (Wildman–Crippen MR) is 74.1 cm³/mol. The summed E-state index contributed by atoms with van der Waals surface area (Å²) in [7, 11) is 0. The summed E-state index contributed by atoms with van der Waals surface area (Å²) in [6.07, 6.45) is 1.78. The lowest BCUT2D eigenvalue weighted by atomic mass is 10.2. The van der Waals surface area contributed by atoms with Crippen LogP contribution < -0.4 is 0 Å². The van der Waals surface area contributed by atoms with Gasteiger partial charge in [-0.15, -0.1) is 11.3 Å². The van der Waals surface area contributed by atoms with Crippen LogP contribution in [-0.4, -0.2) is 9.97 Å². The van der Waals surface area contributed by atoms with Gasteiger partial charge in [0.2, 0.25) is 0 Å². The zero-order valence-electron chi connectivity index (χ0n) is 9.63. The molecule has 0 aliphatic rings. The highest BCUT2D eigenvalue weighted by molar-refractivity contribution is 7.15. The van der Waals surface area contributed by atoms with E-state index in [0.29, 0.717) is 16.1 Å². The van der Waals surface area contributed by atoms with Crippen molar-refractivity contribution in [2.45, 2.75) is 26.7 Å². The van der Waals surface area contributed by atoms with Crippen LogP contribution in [0.25, 0.3) is 10.7 Å². The number of hydrogen-bond donors (Lipinski definition) is 0. The summed E-state index contributed by atoms with van der Waals surface area (Å²) < 4.78 is 0. The zero-order chi connectivity index (χ0) is 12.4. The molecule has 90 valence electrons. The van der Waals surface area contributed by atoms with Crippen molar-refractivity contribution in [1.29, 1.82) is 0 Å². The average molecular weight is 287 g/mol. The number of nitrogens with zero attached hydrogens (tertiary/aromatic N) is 2. The third kappa shape index (κ3) is 2.79. The second kappa shape index (κ2) is 5.34. The van der Waals surface area contributed by atoms with Crippen LogP contribution in [0.1, 0.15) is 23.8 Å². The minimum absolute atomic E-state index is 0.466. The molecule has 2 heterocycles. The molecule has 0 aliphatic heterocycles. The van der Waals surface area contributed by atoms with Crippen molar-refractivity contribution >= 4 is 34.5 Å². The van der Waals surface area contributed by atoms with Crippen LogP contribution in [0.3, 0.4) is 0 Å². The first-order valence-electron chi connectivity index (χ1n) is 5.40. The van der Waals surface area contributed by atoms with Gasteiger partial charge in [0.05, 0.1) is 4.88 Å². The molecule has 2 aromatic heterocycles. The summed E-state index contributed by atoms with van der Waals surface area (Å²) in [5.41, 5.74) is 0.841. The quantitative estimate of drug-likeness (QED) is 0.760. The minimum Gasteiger partial charge on any atom is -0.215 e. The Labute approximate surface area is 115 Å². The molecule has 5 heteroatoms. The first-order valence-corrected chi connectivity index (χ1v) is 6.97. The molecule has 0 amide bonds. The molecule has 0 bridgehead atoms. The first kappa shape index (κ1) is 12.8. The van der Waals surface area contributed by atoms with Gasteiger partial charge in [0.15, 0.2) is 5.82 Å². The van der Waals surface area contributed by atoms with E-state index in [1.807, 2.05) is 19.1 Å². The largest absolute Gasteiger partial charge is 0.215 e. The molecule has 2 aromatic rings. The van der Waals surface area contributed by atoms with Gasteiger partial charge >= 0.3 is 0 Å². The molecule has 0 aliphatic carbocycles. The van der Waals surface area contributed by atoms with E-state index in [4.69, 9.17) is 23.2 Å². The molecule has 0 spiro atoms. The van der Waals surface area contributed by atoms with E-state index >= 15 is 0 Å². The molecule has 0 unspecified atom stereocenters. The summed E-state index contributed by atoms with van der Waals surface area (Å²) in [5.74, 6) is 0.609. The smallest absolute Gasteiger partial charge is 0.172 e. The third-order valence-corrected chi connectivity index (χ3v) is 3.99. The number of rotatable bonds is 3.